The molecule has 1 unspecified atom stereocenters. The molecule has 0 aliphatic carbocycles. The highest BCUT2D eigenvalue weighted by atomic mass is 19.2. The molecule has 1 fully saturated rings. The van der Waals surface area contributed by atoms with Crippen LogP contribution in [0.4, 0.5) is 24.5 Å². The number of nitrogens with zero attached hydrogens (tertiary/aromatic N) is 2. The van der Waals surface area contributed by atoms with Crippen molar-refractivity contribution in [2.45, 2.75) is 13.0 Å². The highest BCUT2D eigenvalue weighted by Gasteiger charge is 2.27. The van der Waals surface area contributed by atoms with E-state index >= 15 is 0 Å². The summed E-state index contributed by atoms with van der Waals surface area (Å²) in [6.07, 6.45) is 0. The second-order valence-electron chi connectivity index (χ2n) is 6.40. The van der Waals surface area contributed by atoms with Crippen LogP contribution >= 0.6 is 0 Å². The molecule has 1 saturated heterocycles. The average molecular weight is 379 g/mol. The summed E-state index contributed by atoms with van der Waals surface area (Å²) in [5.41, 5.74) is 0.344. The molecular formula is C19H20F3N3O2. The van der Waals surface area contributed by atoms with E-state index in [1.165, 1.54) is 0 Å². The van der Waals surface area contributed by atoms with E-state index in [1.54, 1.807) is 19.1 Å². The van der Waals surface area contributed by atoms with Crippen LogP contribution in [0.15, 0.2) is 36.4 Å². The Morgan fingerprint density at radius 3 is 2.37 bits per heavy atom. The Balaban J connectivity index is 1.61. The fourth-order valence-electron chi connectivity index (χ4n) is 3.11. The van der Waals surface area contributed by atoms with Gasteiger partial charge >= 0.3 is 0 Å². The number of nitrogens with one attached hydrogen (secondary N) is 1. The molecule has 1 amide bonds. The minimum atomic E-state index is -1.61. The van der Waals surface area contributed by atoms with Gasteiger partial charge in [0.1, 0.15) is 5.75 Å². The van der Waals surface area contributed by atoms with Crippen molar-refractivity contribution < 1.29 is 23.1 Å². The number of para-hydroxylation sites is 2. The molecule has 0 aromatic heterocycles. The van der Waals surface area contributed by atoms with E-state index in [9.17, 15) is 23.1 Å². The van der Waals surface area contributed by atoms with Gasteiger partial charge in [-0.05, 0) is 31.2 Å². The third-order valence-corrected chi connectivity index (χ3v) is 4.76. The molecule has 2 aromatic carbocycles. The molecule has 1 heterocycles. The summed E-state index contributed by atoms with van der Waals surface area (Å²) in [7, 11) is 0. The Hall–Kier alpha value is -2.74. The number of halogens is 3. The van der Waals surface area contributed by atoms with Crippen LogP contribution in [0.1, 0.15) is 6.92 Å². The van der Waals surface area contributed by atoms with Gasteiger partial charge in [0.05, 0.1) is 17.4 Å². The van der Waals surface area contributed by atoms with Crippen molar-refractivity contribution in [3.63, 3.8) is 0 Å². The predicted octanol–water partition coefficient (Wildman–Crippen LogP) is 2.96. The van der Waals surface area contributed by atoms with Crippen LogP contribution in [-0.4, -0.2) is 48.1 Å². The summed E-state index contributed by atoms with van der Waals surface area (Å²) in [6, 6.07) is 8.22. The number of benzene rings is 2. The summed E-state index contributed by atoms with van der Waals surface area (Å²) in [4.78, 5) is 16.3. The van der Waals surface area contributed by atoms with Gasteiger partial charge in [0.25, 0.3) is 0 Å². The van der Waals surface area contributed by atoms with E-state index in [1.807, 2.05) is 21.9 Å². The number of anilines is 2. The lowest BCUT2D eigenvalue weighted by molar-refractivity contribution is -0.120. The molecule has 144 valence electrons. The van der Waals surface area contributed by atoms with Gasteiger partial charge < -0.3 is 15.3 Å². The van der Waals surface area contributed by atoms with E-state index in [0.29, 0.717) is 26.2 Å². The van der Waals surface area contributed by atoms with Crippen molar-refractivity contribution in [3.8, 4) is 5.75 Å². The maximum absolute atomic E-state index is 13.7. The Labute approximate surface area is 155 Å². The molecule has 3 rings (SSSR count). The molecule has 5 nitrogen and oxygen atoms in total. The summed E-state index contributed by atoms with van der Waals surface area (Å²) >= 11 is 0. The number of hydrogen-bond donors (Lipinski definition) is 2. The lowest BCUT2D eigenvalue weighted by Gasteiger charge is -2.38. The van der Waals surface area contributed by atoms with E-state index in [2.05, 4.69) is 5.32 Å². The van der Waals surface area contributed by atoms with E-state index in [-0.39, 0.29) is 5.75 Å². The van der Waals surface area contributed by atoms with Crippen LogP contribution in [-0.2, 0) is 4.79 Å². The molecule has 1 aliphatic heterocycles. The highest BCUT2D eigenvalue weighted by Crippen LogP contribution is 2.27. The topological polar surface area (TPSA) is 55.8 Å². The maximum Gasteiger partial charge on any atom is 0.241 e. The zero-order valence-corrected chi connectivity index (χ0v) is 14.8. The molecule has 1 aliphatic rings. The Morgan fingerprint density at radius 1 is 1.04 bits per heavy atom. The predicted molar refractivity (Wildman–Crippen MR) is 96.3 cm³/mol. The van der Waals surface area contributed by atoms with Crippen molar-refractivity contribution in [1.29, 1.82) is 0 Å². The average Bonchev–Trinajstić information content (AvgIpc) is 2.68. The molecule has 0 bridgehead atoms. The molecule has 0 radical (unpaired) electrons. The summed E-state index contributed by atoms with van der Waals surface area (Å²) in [6.45, 7) is 4.00. The highest BCUT2D eigenvalue weighted by molar-refractivity contribution is 5.94. The number of carbonyl (C=O) groups is 1. The number of carbonyl (C=O) groups excluding carboxylic acids is 1. The van der Waals surface area contributed by atoms with Crippen LogP contribution in [0.25, 0.3) is 0 Å². The number of phenolic OH excluding ortho intramolecular Hbond substituents is 1. The molecule has 2 N–H and O–H groups in total. The molecule has 27 heavy (non-hydrogen) atoms. The zero-order chi connectivity index (χ0) is 19.6. The van der Waals surface area contributed by atoms with E-state index < -0.39 is 35.1 Å². The van der Waals surface area contributed by atoms with Crippen LogP contribution in [0, 0.1) is 17.5 Å². The van der Waals surface area contributed by atoms with Gasteiger partial charge in [-0.25, -0.2) is 13.2 Å². The third-order valence-electron chi connectivity index (χ3n) is 4.76. The van der Waals surface area contributed by atoms with Crippen molar-refractivity contribution in [1.82, 2.24) is 4.90 Å². The zero-order valence-electron chi connectivity index (χ0n) is 14.8. The fourth-order valence-corrected chi connectivity index (χ4v) is 3.11. The maximum atomic E-state index is 13.7. The van der Waals surface area contributed by atoms with Gasteiger partial charge in [0.15, 0.2) is 17.5 Å². The second-order valence-corrected chi connectivity index (χ2v) is 6.40. The van der Waals surface area contributed by atoms with Crippen molar-refractivity contribution >= 4 is 17.3 Å². The first-order valence-electron chi connectivity index (χ1n) is 8.60. The molecule has 0 saturated carbocycles. The van der Waals surface area contributed by atoms with Crippen LogP contribution in [0.2, 0.25) is 0 Å². The van der Waals surface area contributed by atoms with Crippen molar-refractivity contribution in [2.75, 3.05) is 36.4 Å². The first-order chi connectivity index (χ1) is 12.9. The molecular weight excluding hydrogens is 359 g/mol. The van der Waals surface area contributed by atoms with E-state index in [0.717, 1.165) is 17.8 Å². The summed E-state index contributed by atoms with van der Waals surface area (Å²) < 4.78 is 40.0. The summed E-state index contributed by atoms with van der Waals surface area (Å²) in [5.74, 6) is -4.64. The van der Waals surface area contributed by atoms with Gasteiger partial charge in [-0.1, -0.05) is 12.1 Å². The molecule has 2 aromatic rings. The lowest BCUT2D eigenvalue weighted by atomic mass is 10.2. The normalized spacial score (nSPS) is 16.2. The third kappa shape index (κ3) is 4.00. The number of amides is 1. The molecule has 8 heteroatoms. The first-order valence-corrected chi connectivity index (χ1v) is 8.60. The quantitative estimate of drug-likeness (QED) is 0.802. The van der Waals surface area contributed by atoms with E-state index in [4.69, 9.17) is 0 Å². The first kappa shape index (κ1) is 19.0. The standard InChI is InChI=1S/C19H20F3N3O2/c1-12(19(27)23-14-7-6-13(20)17(21)18(14)22)24-8-10-25(11-9-24)15-4-2-3-5-16(15)26/h2-7,12,26H,8-11H2,1H3,(H,23,27). The summed E-state index contributed by atoms with van der Waals surface area (Å²) in [5, 5.41) is 12.3. The van der Waals surface area contributed by atoms with Crippen LogP contribution < -0.4 is 10.2 Å². The lowest BCUT2D eigenvalue weighted by Crippen LogP contribution is -2.52. The van der Waals surface area contributed by atoms with Crippen molar-refractivity contribution in [3.05, 3.63) is 53.8 Å². The smallest absolute Gasteiger partial charge is 0.241 e. The van der Waals surface area contributed by atoms with Gasteiger partial charge in [-0.2, -0.15) is 0 Å². The number of rotatable bonds is 4. The Morgan fingerprint density at radius 2 is 1.70 bits per heavy atom. The molecule has 0 spiro atoms. The Bertz CT molecular complexity index is 839. The second kappa shape index (κ2) is 7.87. The van der Waals surface area contributed by atoms with Gasteiger partial charge in [-0.15, -0.1) is 0 Å². The van der Waals surface area contributed by atoms with Gasteiger partial charge in [0.2, 0.25) is 5.91 Å². The minimum Gasteiger partial charge on any atom is -0.506 e. The number of aromatic hydroxyl groups is 1. The number of piperazine rings is 1. The van der Waals surface area contributed by atoms with Gasteiger partial charge in [-0.3, -0.25) is 9.69 Å². The largest absolute Gasteiger partial charge is 0.506 e. The Kier molecular flexibility index (Phi) is 5.55. The van der Waals surface area contributed by atoms with Crippen LogP contribution in [0.3, 0.4) is 0 Å². The fraction of sp³-hybridized carbons (Fsp3) is 0.316. The van der Waals surface area contributed by atoms with Crippen LogP contribution in [0.5, 0.6) is 5.75 Å². The number of hydrogen-bond acceptors (Lipinski definition) is 4. The number of phenols is 1. The minimum absolute atomic E-state index is 0.200. The van der Waals surface area contributed by atoms with Crippen molar-refractivity contribution in [2.24, 2.45) is 0 Å². The SMILES string of the molecule is CC(C(=O)Nc1ccc(F)c(F)c1F)N1CCN(c2ccccc2O)CC1. The van der Waals surface area contributed by atoms with Gasteiger partial charge in [0, 0.05) is 26.2 Å². The monoisotopic (exact) mass is 379 g/mol. The molecule has 1 atom stereocenters.